The molecule has 172 valence electrons. The van der Waals surface area contributed by atoms with Gasteiger partial charge in [0.2, 0.25) is 0 Å². The highest BCUT2D eigenvalue weighted by Gasteiger charge is 2.21. The van der Waals surface area contributed by atoms with Crippen molar-refractivity contribution in [1.82, 2.24) is 5.43 Å². The standard InChI is InChI=1S/C23H28BrN3O5/c1-15(17-13-19(29-2)21(24)20(14-17)30-3)25-26-23(28)22(31-4)16-5-7-18(8-6-16)27-9-11-32-12-10-27/h5-8,13-14,22H,9-12H2,1-4H3,(H,26,28)/b25-15+. The highest BCUT2D eigenvalue weighted by molar-refractivity contribution is 9.10. The number of methoxy groups -OCH3 is 3. The van der Waals surface area contributed by atoms with Gasteiger partial charge in [-0.2, -0.15) is 5.10 Å². The molecule has 1 aliphatic heterocycles. The Morgan fingerprint density at radius 3 is 2.22 bits per heavy atom. The molecule has 1 unspecified atom stereocenters. The summed E-state index contributed by atoms with van der Waals surface area (Å²) in [6.07, 6.45) is -0.778. The lowest BCUT2D eigenvalue weighted by Gasteiger charge is -2.29. The van der Waals surface area contributed by atoms with Gasteiger partial charge in [-0.15, -0.1) is 0 Å². The summed E-state index contributed by atoms with van der Waals surface area (Å²) in [6.45, 7) is 4.94. The Balaban J connectivity index is 1.71. The van der Waals surface area contributed by atoms with Crippen molar-refractivity contribution in [3.05, 3.63) is 52.0 Å². The molecule has 1 saturated heterocycles. The molecule has 0 aliphatic carbocycles. The lowest BCUT2D eigenvalue weighted by atomic mass is 10.1. The predicted molar refractivity (Wildman–Crippen MR) is 127 cm³/mol. The highest BCUT2D eigenvalue weighted by Crippen LogP contribution is 2.35. The quantitative estimate of drug-likeness (QED) is 0.436. The minimum atomic E-state index is -0.778. The van der Waals surface area contributed by atoms with Gasteiger partial charge < -0.3 is 23.8 Å². The summed E-state index contributed by atoms with van der Waals surface area (Å²) in [4.78, 5) is 15.0. The van der Waals surface area contributed by atoms with Crippen LogP contribution in [0.25, 0.3) is 0 Å². The molecule has 1 amide bonds. The smallest absolute Gasteiger partial charge is 0.273 e. The molecule has 32 heavy (non-hydrogen) atoms. The number of carbonyl (C=O) groups excluding carboxylic acids is 1. The molecule has 8 nitrogen and oxygen atoms in total. The van der Waals surface area contributed by atoms with Gasteiger partial charge in [0.05, 0.1) is 33.1 Å². The van der Waals surface area contributed by atoms with Crippen molar-refractivity contribution in [2.24, 2.45) is 5.10 Å². The van der Waals surface area contributed by atoms with Gasteiger partial charge in [0.1, 0.15) is 16.0 Å². The van der Waals surface area contributed by atoms with Gasteiger partial charge in [0.15, 0.2) is 6.10 Å². The fraction of sp³-hybridized carbons (Fsp3) is 0.391. The van der Waals surface area contributed by atoms with Gasteiger partial charge in [-0.3, -0.25) is 4.79 Å². The third-order valence-electron chi connectivity index (χ3n) is 5.24. The number of amides is 1. The molecule has 2 aromatic carbocycles. The van der Waals surface area contributed by atoms with E-state index in [-0.39, 0.29) is 5.91 Å². The second-order valence-electron chi connectivity index (χ2n) is 7.17. The van der Waals surface area contributed by atoms with E-state index in [1.54, 1.807) is 21.1 Å². The number of hydrogen-bond donors (Lipinski definition) is 1. The average Bonchev–Trinajstić information content (AvgIpc) is 2.84. The molecule has 1 N–H and O–H groups in total. The number of nitrogens with one attached hydrogen (secondary N) is 1. The van der Waals surface area contributed by atoms with E-state index < -0.39 is 6.10 Å². The van der Waals surface area contributed by atoms with Gasteiger partial charge in [0, 0.05) is 31.5 Å². The van der Waals surface area contributed by atoms with Crippen molar-refractivity contribution in [3.63, 3.8) is 0 Å². The number of hydrazone groups is 1. The maximum atomic E-state index is 12.8. The number of ether oxygens (including phenoxy) is 4. The van der Waals surface area contributed by atoms with Crippen LogP contribution in [0, 0.1) is 0 Å². The summed E-state index contributed by atoms with van der Waals surface area (Å²) >= 11 is 3.45. The Labute approximate surface area is 196 Å². The third-order valence-corrected chi connectivity index (χ3v) is 6.02. The summed E-state index contributed by atoms with van der Waals surface area (Å²) in [5, 5.41) is 4.25. The van der Waals surface area contributed by atoms with Crippen LogP contribution >= 0.6 is 15.9 Å². The monoisotopic (exact) mass is 505 g/mol. The van der Waals surface area contributed by atoms with Crippen molar-refractivity contribution in [1.29, 1.82) is 0 Å². The lowest BCUT2D eigenvalue weighted by molar-refractivity contribution is -0.131. The number of nitrogens with zero attached hydrogens (tertiary/aromatic N) is 2. The van der Waals surface area contributed by atoms with Crippen LogP contribution in [-0.2, 0) is 14.3 Å². The Kier molecular flexibility index (Phi) is 8.49. The Morgan fingerprint density at radius 1 is 1.09 bits per heavy atom. The van der Waals surface area contributed by atoms with Crippen molar-refractivity contribution in [2.75, 3.05) is 52.5 Å². The zero-order valence-electron chi connectivity index (χ0n) is 18.7. The Morgan fingerprint density at radius 2 is 1.69 bits per heavy atom. The van der Waals surface area contributed by atoms with Crippen molar-refractivity contribution in [2.45, 2.75) is 13.0 Å². The molecule has 1 heterocycles. The van der Waals surface area contributed by atoms with Gasteiger partial charge in [-0.05, 0) is 52.7 Å². The molecule has 0 aromatic heterocycles. The third kappa shape index (κ3) is 5.59. The number of hydrogen-bond acceptors (Lipinski definition) is 7. The van der Waals surface area contributed by atoms with E-state index >= 15 is 0 Å². The first-order valence-electron chi connectivity index (χ1n) is 10.2. The van der Waals surface area contributed by atoms with E-state index in [1.165, 1.54) is 7.11 Å². The predicted octanol–water partition coefficient (Wildman–Crippen LogP) is 3.53. The molecular formula is C23H28BrN3O5. The maximum Gasteiger partial charge on any atom is 0.273 e. The zero-order chi connectivity index (χ0) is 23.1. The number of halogens is 1. The van der Waals surface area contributed by atoms with E-state index in [2.05, 4.69) is 31.4 Å². The average molecular weight is 506 g/mol. The molecular weight excluding hydrogens is 478 g/mol. The minimum absolute atomic E-state index is 0.359. The van der Waals surface area contributed by atoms with Crippen molar-refractivity contribution < 1.29 is 23.7 Å². The first kappa shape index (κ1) is 24.0. The fourth-order valence-electron chi connectivity index (χ4n) is 3.42. The van der Waals surface area contributed by atoms with E-state index in [0.29, 0.717) is 21.7 Å². The normalized spacial score (nSPS) is 15.3. The lowest BCUT2D eigenvalue weighted by Crippen LogP contribution is -2.36. The zero-order valence-corrected chi connectivity index (χ0v) is 20.3. The molecule has 0 bridgehead atoms. The summed E-state index contributed by atoms with van der Waals surface area (Å²) < 4.78 is 22.3. The highest BCUT2D eigenvalue weighted by atomic mass is 79.9. The largest absolute Gasteiger partial charge is 0.495 e. The molecule has 0 saturated carbocycles. The molecule has 1 aliphatic rings. The van der Waals surface area contributed by atoms with Crippen molar-refractivity contribution in [3.8, 4) is 11.5 Å². The van der Waals surface area contributed by atoms with Crippen LogP contribution in [0.2, 0.25) is 0 Å². The Hall–Kier alpha value is -2.62. The molecule has 1 atom stereocenters. The number of anilines is 1. The van der Waals surface area contributed by atoms with Crippen LogP contribution in [0.5, 0.6) is 11.5 Å². The van der Waals surface area contributed by atoms with Crippen LogP contribution in [0.15, 0.2) is 46.0 Å². The SMILES string of the molecule is COc1cc(/C(C)=N/NC(=O)C(OC)c2ccc(N3CCOCC3)cc2)cc(OC)c1Br. The number of morpholine rings is 1. The van der Waals surface area contributed by atoms with Crippen LogP contribution in [0.3, 0.4) is 0 Å². The molecule has 0 spiro atoms. The van der Waals surface area contributed by atoms with Gasteiger partial charge in [0.25, 0.3) is 5.91 Å². The van der Waals surface area contributed by atoms with Gasteiger partial charge in [-0.25, -0.2) is 5.43 Å². The summed E-state index contributed by atoms with van der Waals surface area (Å²) in [7, 11) is 4.65. The number of carbonyl (C=O) groups is 1. The van der Waals surface area contributed by atoms with Crippen LogP contribution < -0.4 is 19.8 Å². The second kappa shape index (κ2) is 11.3. The van der Waals surface area contributed by atoms with E-state index in [1.807, 2.05) is 36.4 Å². The van der Waals surface area contributed by atoms with Crippen LogP contribution in [-0.4, -0.2) is 59.3 Å². The summed E-state index contributed by atoms with van der Waals surface area (Å²) in [6, 6.07) is 11.4. The topological polar surface area (TPSA) is 81.6 Å². The van der Waals surface area contributed by atoms with E-state index in [0.717, 1.165) is 43.1 Å². The second-order valence-corrected chi connectivity index (χ2v) is 7.97. The Bertz CT molecular complexity index is 934. The van der Waals surface area contributed by atoms with Crippen LogP contribution in [0.1, 0.15) is 24.2 Å². The number of benzene rings is 2. The van der Waals surface area contributed by atoms with Gasteiger partial charge >= 0.3 is 0 Å². The molecule has 0 radical (unpaired) electrons. The maximum absolute atomic E-state index is 12.8. The fourth-order valence-corrected chi connectivity index (χ4v) is 3.97. The van der Waals surface area contributed by atoms with Crippen molar-refractivity contribution >= 4 is 33.2 Å². The van der Waals surface area contributed by atoms with Crippen LogP contribution in [0.4, 0.5) is 5.69 Å². The summed E-state index contributed by atoms with van der Waals surface area (Å²) in [5.41, 5.74) is 5.80. The minimum Gasteiger partial charge on any atom is -0.495 e. The molecule has 9 heteroatoms. The number of rotatable bonds is 8. The molecule has 1 fully saturated rings. The van der Waals surface area contributed by atoms with Gasteiger partial charge in [-0.1, -0.05) is 12.1 Å². The molecule has 2 aromatic rings. The van der Waals surface area contributed by atoms with E-state index in [9.17, 15) is 4.79 Å². The first-order valence-corrected chi connectivity index (χ1v) is 11.0. The first-order chi connectivity index (χ1) is 15.5. The molecule has 3 rings (SSSR count). The van der Waals surface area contributed by atoms with E-state index in [4.69, 9.17) is 18.9 Å². The summed E-state index contributed by atoms with van der Waals surface area (Å²) in [5.74, 6) is 0.854.